The van der Waals surface area contributed by atoms with E-state index in [1.807, 2.05) is 0 Å². The van der Waals surface area contributed by atoms with Crippen LogP contribution >= 0.6 is 0 Å². The summed E-state index contributed by atoms with van der Waals surface area (Å²) in [5.74, 6) is -0.755. The fourth-order valence-electron chi connectivity index (χ4n) is 1.32. The first-order valence-corrected chi connectivity index (χ1v) is 4.96. The molecule has 1 rings (SSSR count). The van der Waals surface area contributed by atoms with Crippen LogP contribution in [0.2, 0.25) is 0 Å². The van der Waals surface area contributed by atoms with Gasteiger partial charge < -0.3 is 15.7 Å². The van der Waals surface area contributed by atoms with Crippen LogP contribution in [-0.2, 0) is 11.3 Å². The van der Waals surface area contributed by atoms with Gasteiger partial charge in [0, 0.05) is 19.7 Å². The zero-order valence-electron chi connectivity index (χ0n) is 9.25. The predicted molar refractivity (Wildman–Crippen MR) is 58.4 cm³/mol. The van der Waals surface area contributed by atoms with Crippen molar-refractivity contribution in [1.82, 2.24) is 10.6 Å². The summed E-state index contributed by atoms with van der Waals surface area (Å²) in [6.07, 6.45) is 0. The van der Waals surface area contributed by atoms with Crippen LogP contribution in [0.5, 0.6) is 5.75 Å². The number of halogens is 1. The topological polar surface area (TPSA) is 61.4 Å². The van der Waals surface area contributed by atoms with Crippen LogP contribution in [-0.4, -0.2) is 24.1 Å². The highest BCUT2D eigenvalue weighted by molar-refractivity contribution is 5.80. The quantitative estimate of drug-likeness (QED) is 0.710. The van der Waals surface area contributed by atoms with Crippen molar-refractivity contribution in [2.45, 2.75) is 19.5 Å². The van der Waals surface area contributed by atoms with Crippen molar-refractivity contribution in [2.75, 3.05) is 7.05 Å². The van der Waals surface area contributed by atoms with Gasteiger partial charge in [-0.3, -0.25) is 4.79 Å². The minimum atomic E-state index is -0.496. The molecule has 0 radical (unpaired) electrons. The van der Waals surface area contributed by atoms with E-state index in [1.165, 1.54) is 12.1 Å². The van der Waals surface area contributed by atoms with Crippen LogP contribution in [0, 0.1) is 5.82 Å². The minimum Gasteiger partial charge on any atom is -0.508 e. The van der Waals surface area contributed by atoms with E-state index in [1.54, 1.807) is 14.0 Å². The molecule has 88 valence electrons. The first-order chi connectivity index (χ1) is 7.52. The number of phenolic OH excluding ortho intramolecular Hbond substituents is 1. The minimum absolute atomic E-state index is 0.121. The van der Waals surface area contributed by atoms with Crippen molar-refractivity contribution >= 4 is 5.91 Å². The number of hydrogen-bond acceptors (Lipinski definition) is 3. The highest BCUT2D eigenvalue weighted by atomic mass is 19.1. The van der Waals surface area contributed by atoms with Gasteiger partial charge in [0.2, 0.25) is 5.91 Å². The smallest absolute Gasteiger partial charge is 0.236 e. The Balaban J connectivity index is 2.57. The average Bonchev–Trinajstić information content (AvgIpc) is 2.23. The van der Waals surface area contributed by atoms with E-state index >= 15 is 0 Å². The number of hydrogen-bond donors (Lipinski definition) is 3. The molecule has 3 N–H and O–H groups in total. The standard InChI is InChI=1S/C11H15FN2O2/c1-7(11(16)13-2)14-6-8-3-9(12)5-10(15)4-8/h3-5,7,14-15H,6H2,1-2H3,(H,13,16). The van der Waals surface area contributed by atoms with Crippen LogP contribution < -0.4 is 10.6 Å². The molecule has 0 spiro atoms. The highest BCUT2D eigenvalue weighted by Crippen LogP contribution is 2.14. The van der Waals surface area contributed by atoms with Crippen LogP contribution in [0.3, 0.4) is 0 Å². The Morgan fingerprint density at radius 2 is 2.19 bits per heavy atom. The van der Waals surface area contributed by atoms with Gasteiger partial charge in [0.1, 0.15) is 11.6 Å². The van der Waals surface area contributed by atoms with Gasteiger partial charge in [-0.15, -0.1) is 0 Å². The molecule has 5 heteroatoms. The molecular formula is C11H15FN2O2. The number of carbonyl (C=O) groups excluding carboxylic acids is 1. The van der Waals surface area contributed by atoms with E-state index in [0.29, 0.717) is 12.1 Å². The fourth-order valence-corrected chi connectivity index (χ4v) is 1.32. The summed E-state index contributed by atoms with van der Waals surface area (Å²) in [5.41, 5.74) is 0.591. The molecule has 0 heterocycles. The Kier molecular flexibility index (Phi) is 4.25. The molecule has 0 aliphatic carbocycles. The number of aromatic hydroxyl groups is 1. The normalized spacial score (nSPS) is 12.2. The summed E-state index contributed by atoms with van der Waals surface area (Å²) in [7, 11) is 1.55. The number of benzene rings is 1. The molecule has 1 aromatic rings. The lowest BCUT2D eigenvalue weighted by Crippen LogP contribution is -2.40. The molecule has 0 fully saturated rings. The lowest BCUT2D eigenvalue weighted by molar-refractivity contribution is -0.122. The van der Waals surface area contributed by atoms with Gasteiger partial charge in [-0.05, 0) is 24.6 Å². The first-order valence-electron chi connectivity index (χ1n) is 4.96. The van der Waals surface area contributed by atoms with Gasteiger partial charge >= 0.3 is 0 Å². The highest BCUT2D eigenvalue weighted by Gasteiger charge is 2.09. The van der Waals surface area contributed by atoms with E-state index in [2.05, 4.69) is 10.6 Å². The molecule has 0 saturated carbocycles. The van der Waals surface area contributed by atoms with Crippen molar-refractivity contribution in [3.8, 4) is 5.75 Å². The molecular weight excluding hydrogens is 211 g/mol. The number of carbonyl (C=O) groups is 1. The fraction of sp³-hybridized carbons (Fsp3) is 0.364. The molecule has 0 bridgehead atoms. The van der Waals surface area contributed by atoms with Gasteiger partial charge in [-0.2, -0.15) is 0 Å². The molecule has 1 unspecified atom stereocenters. The zero-order valence-corrected chi connectivity index (χ0v) is 9.25. The molecule has 0 aliphatic rings. The summed E-state index contributed by atoms with van der Waals surface area (Å²) in [5, 5.41) is 14.6. The van der Waals surface area contributed by atoms with Gasteiger partial charge in [-0.25, -0.2) is 4.39 Å². The van der Waals surface area contributed by atoms with Crippen LogP contribution in [0.25, 0.3) is 0 Å². The lowest BCUT2D eigenvalue weighted by atomic mass is 10.2. The molecule has 16 heavy (non-hydrogen) atoms. The van der Waals surface area contributed by atoms with Crippen molar-refractivity contribution in [1.29, 1.82) is 0 Å². The number of phenols is 1. The maximum absolute atomic E-state index is 12.9. The Morgan fingerprint density at radius 3 is 2.75 bits per heavy atom. The number of amides is 1. The zero-order chi connectivity index (χ0) is 12.1. The van der Waals surface area contributed by atoms with Gasteiger partial charge in [-0.1, -0.05) is 0 Å². The van der Waals surface area contributed by atoms with Crippen molar-refractivity contribution < 1.29 is 14.3 Å². The van der Waals surface area contributed by atoms with E-state index in [-0.39, 0.29) is 17.7 Å². The summed E-state index contributed by atoms with van der Waals surface area (Å²) < 4.78 is 12.9. The third kappa shape index (κ3) is 3.51. The van der Waals surface area contributed by atoms with Gasteiger partial charge in [0.05, 0.1) is 6.04 Å². The molecule has 0 aliphatic heterocycles. The van der Waals surface area contributed by atoms with Gasteiger partial charge in [0.25, 0.3) is 0 Å². The monoisotopic (exact) mass is 226 g/mol. The van der Waals surface area contributed by atoms with Gasteiger partial charge in [0.15, 0.2) is 0 Å². The Bertz CT molecular complexity index is 362. The second-order valence-corrected chi connectivity index (χ2v) is 3.53. The van der Waals surface area contributed by atoms with E-state index in [0.717, 1.165) is 6.07 Å². The second kappa shape index (κ2) is 5.46. The SMILES string of the molecule is CNC(=O)C(C)NCc1cc(O)cc(F)c1. The van der Waals surface area contributed by atoms with Crippen LogP contribution in [0.1, 0.15) is 12.5 Å². The van der Waals surface area contributed by atoms with Crippen LogP contribution in [0.15, 0.2) is 18.2 Å². The molecule has 1 atom stereocenters. The van der Waals surface area contributed by atoms with E-state index in [9.17, 15) is 9.18 Å². The predicted octanol–water partition coefficient (Wildman–Crippen LogP) is 0.755. The van der Waals surface area contributed by atoms with E-state index in [4.69, 9.17) is 5.11 Å². The third-order valence-electron chi connectivity index (χ3n) is 2.19. The summed E-state index contributed by atoms with van der Waals surface area (Å²) >= 11 is 0. The Labute approximate surface area is 93.5 Å². The summed E-state index contributed by atoms with van der Waals surface area (Å²) in [6.45, 7) is 2.03. The molecule has 0 saturated heterocycles. The van der Waals surface area contributed by atoms with Crippen molar-refractivity contribution in [2.24, 2.45) is 0 Å². The third-order valence-corrected chi connectivity index (χ3v) is 2.19. The summed E-state index contributed by atoms with van der Waals surface area (Å²) in [4.78, 5) is 11.2. The van der Waals surface area contributed by atoms with Crippen LogP contribution in [0.4, 0.5) is 4.39 Å². The molecule has 4 nitrogen and oxygen atoms in total. The average molecular weight is 226 g/mol. The lowest BCUT2D eigenvalue weighted by Gasteiger charge is -2.12. The molecule has 1 aromatic carbocycles. The Morgan fingerprint density at radius 1 is 1.50 bits per heavy atom. The van der Waals surface area contributed by atoms with E-state index < -0.39 is 5.82 Å². The first kappa shape index (κ1) is 12.4. The maximum Gasteiger partial charge on any atom is 0.236 e. The maximum atomic E-state index is 12.9. The summed E-state index contributed by atoms with van der Waals surface area (Å²) in [6, 6.07) is 3.43. The van der Waals surface area contributed by atoms with Crippen molar-refractivity contribution in [3.63, 3.8) is 0 Å². The Hall–Kier alpha value is -1.62. The number of rotatable bonds is 4. The molecule has 1 amide bonds. The van der Waals surface area contributed by atoms with Crippen molar-refractivity contribution in [3.05, 3.63) is 29.6 Å². The number of nitrogens with one attached hydrogen (secondary N) is 2. The second-order valence-electron chi connectivity index (χ2n) is 3.53. The molecule has 0 aromatic heterocycles. The largest absolute Gasteiger partial charge is 0.508 e. The number of likely N-dealkylation sites (N-methyl/N-ethyl adjacent to an activating group) is 1.